The molecule has 2 aromatic carbocycles. The minimum absolute atomic E-state index is 0.0790. The summed E-state index contributed by atoms with van der Waals surface area (Å²) in [6, 6.07) is 12.8. The van der Waals surface area contributed by atoms with Crippen molar-refractivity contribution in [3.8, 4) is 0 Å². The van der Waals surface area contributed by atoms with Gasteiger partial charge in [-0.1, -0.05) is 59.6 Å². The first-order valence-corrected chi connectivity index (χ1v) is 8.97. The Morgan fingerprint density at radius 2 is 1.61 bits per heavy atom. The molecule has 0 spiro atoms. The second kappa shape index (κ2) is 6.61. The van der Waals surface area contributed by atoms with Crippen molar-refractivity contribution in [2.75, 3.05) is 0 Å². The number of sulfonamides is 1. The highest BCUT2D eigenvalue weighted by molar-refractivity contribution is 7.89. The Labute approximate surface area is 145 Å². The molecular formula is C16H15Cl2NO3S. The molecule has 2 rings (SSSR count). The Hall–Kier alpha value is -1.40. The fourth-order valence-electron chi connectivity index (χ4n) is 2.08. The third-order valence-electron chi connectivity index (χ3n) is 3.20. The van der Waals surface area contributed by atoms with Crippen LogP contribution in [0.1, 0.15) is 24.2 Å². The van der Waals surface area contributed by atoms with Gasteiger partial charge in [0.25, 0.3) is 0 Å². The van der Waals surface area contributed by atoms with Gasteiger partial charge in [0, 0.05) is 5.56 Å². The van der Waals surface area contributed by atoms with E-state index in [1.165, 1.54) is 32.0 Å². The summed E-state index contributed by atoms with van der Waals surface area (Å²) in [6.07, 6.45) is 0. The lowest BCUT2D eigenvalue weighted by molar-refractivity contribution is 0.0901. The van der Waals surface area contributed by atoms with Gasteiger partial charge in [-0.3, -0.25) is 4.79 Å². The predicted molar refractivity (Wildman–Crippen MR) is 91.6 cm³/mol. The van der Waals surface area contributed by atoms with Gasteiger partial charge < -0.3 is 0 Å². The summed E-state index contributed by atoms with van der Waals surface area (Å²) < 4.78 is 27.5. The van der Waals surface area contributed by atoms with Crippen LogP contribution in [0.15, 0.2) is 53.4 Å². The van der Waals surface area contributed by atoms with Crippen molar-refractivity contribution in [3.05, 3.63) is 64.1 Å². The van der Waals surface area contributed by atoms with Gasteiger partial charge >= 0.3 is 0 Å². The van der Waals surface area contributed by atoms with Crippen molar-refractivity contribution in [2.24, 2.45) is 0 Å². The SMILES string of the molecule is CC(C)(NS(=O)(=O)c1cccc(Cl)c1Cl)C(=O)c1ccccc1. The van der Waals surface area contributed by atoms with E-state index in [-0.39, 0.29) is 20.7 Å². The highest BCUT2D eigenvalue weighted by Gasteiger charge is 2.34. The maximum Gasteiger partial charge on any atom is 0.243 e. The molecular weight excluding hydrogens is 357 g/mol. The summed E-state index contributed by atoms with van der Waals surface area (Å²) in [5.41, 5.74) is -0.927. The standard InChI is InChI=1S/C16H15Cl2NO3S/c1-16(2,15(20)11-7-4-3-5-8-11)19-23(21,22)13-10-6-9-12(17)14(13)18/h3-10,19H,1-2H3. The van der Waals surface area contributed by atoms with Crippen LogP contribution in [-0.4, -0.2) is 19.7 Å². The highest BCUT2D eigenvalue weighted by atomic mass is 35.5. The Balaban J connectivity index is 2.36. The van der Waals surface area contributed by atoms with E-state index in [2.05, 4.69) is 4.72 Å². The molecule has 0 fully saturated rings. The molecule has 0 saturated heterocycles. The summed E-state index contributed by atoms with van der Waals surface area (Å²) in [4.78, 5) is 12.4. The largest absolute Gasteiger partial charge is 0.292 e. The maximum atomic E-state index is 12.6. The summed E-state index contributed by atoms with van der Waals surface area (Å²) in [5.74, 6) is -0.347. The first-order valence-electron chi connectivity index (χ1n) is 6.73. The molecule has 122 valence electrons. The van der Waals surface area contributed by atoms with Gasteiger partial charge in [0.15, 0.2) is 5.78 Å². The minimum atomic E-state index is -4.01. The van der Waals surface area contributed by atoms with Crippen LogP contribution in [-0.2, 0) is 10.0 Å². The van der Waals surface area contributed by atoms with Gasteiger partial charge in [0.05, 0.1) is 15.6 Å². The van der Waals surface area contributed by atoms with Crippen molar-refractivity contribution in [3.63, 3.8) is 0 Å². The number of halogens is 2. The Morgan fingerprint density at radius 1 is 1.00 bits per heavy atom. The number of carbonyl (C=O) groups is 1. The molecule has 2 aromatic rings. The highest BCUT2D eigenvalue weighted by Crippen LogP contribution is 2.29. The lowest BCUT2D eigenvalue weighted by Gasteiger charge is -2.25. The fourth-order valence-corrected chi connectivity index (χ4v) is 4.22. The van der Waals surface area contributed by atoms with E-state index in [9.17, 15) is 13.2 Å². The van der Waals surface area contributed by atoms with E-state index in [0.29, 0.717) is 5.56 Å². The number of carbonyl (C=O) groups excluding carboxylic acids is 1. The van der Waals surface area contributed by atoms with E-state index in [1.54, 1.807) is 30.3 Å². The van der Waals surface area contributed by atoms with Crippen molar-refractivity contribution >= 4 is 39.0 Å². The third-order valence-corrected chi connectivity index (χ3v) is 5.83. The minimum Gasteiger partial charge on any atom is -0.292 e. The van der Waals surface area contributed by atoms with Crippen LogP contribution < -0.4 is 4.72 Å². The van der Waals surface area contributed by atoms with Crippen LogP contribution in [0.5, 0.6) is 0 Å². The van der Waals surface area contributed by atoms with Gasteiger partial charge in [-0.05, 0) is 26.0 Å². The monoisotopic (exact) mass is 371 g/mol. The molecule has 0 saturated carbocycles. The van der Waals surface area contributed by atoms with Crippen molar-refractivity contribution in [1.29, 1.82) is 0 Å². The van der Waals surface area contributed by atoms with E-state index >= 15 is 0 Å². The number of nitrogens with one attached hydrogen (secondary N) is 1. The number of Topliss-reactive ketones (excluding diaryl/α,β-unsaturated/α-hetero) is 1. The molecule has 0 bridgehead atoms. The second-order valence-electron chi connectivity index (χ2n) is 5.48. The van der Waals surface area contributed by atoms with Crippen molar-refractivity contribution in [1.82, 2.24) is 4.72 Å². The molecule has 0 aliphatic heterocycles. The molecule has 4 nitrogen and oxygen atoms in total. The molecule has 1 N–H and O–H groups in total. The van der Waals surface area contributed by atoms with Crippen molar-refractivity contribution < 1.29 is 13.2 Å². The molecule has 0 heterocycles. The first kappa shape index (κ1) is 17.9. The van der Waals surface area contributed by atoms with Gasteiger partial charge in [0.1, 0.15) is 4.90 Å². The Morgan fingerprint density at radius 3 is 2.22 bits per heavy atom. The second-order valence-corrected chi connectivity index (χ2v) is 7.91. The van der Waals surface area contributed by atoms with Crippen molar-refractivity contribution in [2.45, 2.75) is 24.3 Å². The maximum absolute atomic E-state index is 12.6. The molecule has 7 heteroatoms. The first-order chi connectivity index (χ1) is 10.6. The van der Waals surface area contributed by atoms with Gasteiger partial charge in [-0.25, -0.2) is 8.42 Å². The fraction of sp³-hybridized carbons (Fsp3) is 0.188. The quantitative estimate of drug-likeness (QED) is 0.809. The van der Waals surface area contributed by atoms with E-state index in [4.69, 9.17) is 23.2 Å². The molecule has 0 aliphatic carbocycles. The van der Waals surface area contributed by atoms with Crippen LogP contribution in [0.3, 0.4) is 0 Å². The topological polar surface area (TPSA) is 63.2 Å². The molecule has 0 aromatic heterocycles. The Kier molecular flexibility index (Phi) is 5.16. The number of rotatable bonds is 5. The van der Waals surface area contributed by atoms with Gasteiger partial charge in [-0.15, -0.1) is 0 Å². The average Bonchev–Trinajstić information content (AvgIpc) is 2.49. The zero-order chi connectivity index (χ0) is 17.3. The summed E-state index contributed by atoms with van der Waals surface area (Å²) in [7, 11) is -4.01. The zero-order valence-corrected chi connectivity index (χ0v) is 14.8. The number of ketones is 1. The predicted octanol–water partition coefficient (Wildman–Crippen LogP) is 3.93. The number of hydrogen-bond acceptors (Lipinski definition) is 3. The molecule has 0 radical (unpaired) electrons. The zero-order valence-electron chi connectivity index (χ0n) is 12.5. The number of benzene rings is 2. The van der Waals surface area contributed by atoms with Crippen LogP contribution in [0.25, 0.3) is 0 Å². The van der Waals surface area contributed by atoms with E-state index in [0.717, 1.165) is 0 Å². The molecule has 0 unspecified atom stereocenters. The van der Waals surface area contributed by atoms with Crippen LogP contribution in [0.2, 0.25) is 10.0 Å². The number of hydrogen-bond donors (Lipinski definition) is 1. The van der Waals surface area contributed by atoms with Crippen LogP contribution >= 0.6 is 23.2 Å². The van der Waals surface area contributed by atoms with Gasteiger partial charge in [-0.2, -0.15) is 4.72 Å². The van der Waals surface area contributed by atoms with Crippen LogP contribution in [0, 0.1) is 0 Å². The summed E-state index contributed by atoms with van der Waals surface area (Å²) in [5, 5.41) is 0.0476. The lowest BCUT2D eigenvalue weighted by atomic mass is 9.94. The van der Waals surface area contributed by atoms with E-state index in [1.807, 2.05) is 0 Å². The lowest BCUT2D eigenvalue weighted by Crippen LogP contribution is -2.49. The third kappa shape index (κ3) is 3.93. The molecule has 0 aliphatic rings. The summed E-state index contributed by atoms with van der Waals surface area (Å²) in [6.45, 7) is 3.00. The van der Waals surface area contributed by atoms with E-state index < -0.39 is 15.6 Å². The van der Waals surface area contributed by atoms with Crippen LogP contribution in [0.4, 0.5) is 0 Å². The molecule has 23 heavy (non-hydrogen) atoms. The molecule has 0 atom stereocenters. The van der Waals surface area contributed by atoms with Gasteiger partial charge in [0.2, 0.25) is 10.0 Å². The average molecular weight is 372 g/mol. The molecule has 0 amide bonds. The Bertz CT molecular complexity index is 834. The smallest absolute Gasteiger partial charge is 0.243 e. The summed E-state index contributed by atoms with van der Waals surface area (Å²) >= 11 is 11.8. The normalized spacial score (nSPS) is 12.2.